The van der Waals surface area contributed by atoms with Gasteiger partial charge in [0.1, 0.15) is 0 Å². The Morgan fingerprint density at radius 2 is 1.85 bits per heavy atom. The van der Waals surface area contributed by atoms with Crippen molar-refractivity contribution in [1.29, 1.82) is 0 Å². The summed E-state index contributed by atoms with van der Waals surface area (Å²) in [4.78, 5) is 4.25. The predicted molar refractivity (Wildman–Crippen MR) is 83.8 cm³/mol. The lowest BCUT2D eigenvalue weighted by molar-refractivity contribution is 0.266. The highest BCUT2D eigenvalue weighted by molar-refractivity contribution is 5.21. The van der Waals surface area contributed by atoms with Crippen LogP contribution in [0.2, 0.25) is 0 Å². The lowest BCUT2D eigenvalue weighted by Crippen LogP contribution is -2.35. The summed E-state index contributed by atoms with van der Waals surface area (Å²) < 4.78 is 5.08. The van der Waals surface area contributed by atoms with Crippen LogP contribution in [0.5, 0.6) is 5.88 Å². The summed E-state index contributed by atoms with van der Waals surface area (Å²) in [5.74, 6) is 2.60. The number of methoxy groups -OCH3 is 1. The highest BCUT2D eigenvalue weighted by atomic mass is 16.5. The molecule has 0 radical (unpaired) electrons. The van der Waals surface area contributed by atoms with Crippen molar-refractivity contribution in [2.45, 2.75) is 33.7 Å². The van der Waals surface area contributed by atoms with Crippen molar-refractivity contribution in [1.82, 2.24) is 10.3 Å². The van der Waals surface area contributed by atoms with E-state index in [0.717, 1.165) is 12.1 Å². The first-order chi connectivity index (χ1) is 9.49. The van der Waals surface area contributed by atoms with Gasteiger partial charge in [0.05, 0.1) is 7.11 Å². The zero-order chi connectivity index (χ0) is 15.1. The van der Waals surface area contributed by atoms with Crippen LogP contribution in [0.3, 0.4) is 0 Å². The number of hydrogen-bond acceptors (Lipinski definition) is 4. The normalized spacial score (nSPS) is 13.2. The largest absolute Gasteiger partial charge is 0.481 e. The van der Waals surface area contributed by atoms with Gasteiger partial charge in [-0.25, -0.2) is 4.98 Å². The van der Waals surface area contributed by atoms with Gasteiger partial charge >= 0.3 is 0 Å². The Balaban J connectivity index is 2.66. The van der Waals surface area contributed by atoms with Gasteiger partial charge in [-0.2, -0.15) is 0 Å². The topological polar surface area (TPSA) is 60.2 Å². The zero-order valence-corrected chi connectivity index (χ0v) is 13.4. The van der Waals surface area contributed by atoms with Crippen LogP contribution in [0.4, 0.5) is 0 Å². The van der Waals surface area contributed by atoms with E-state index in [9.17, 15) is 0 Å². The quantitative estimate of drug-likeness (QED) is 0.768. The summed E-state index contributed by atoms with van der Waals surface area (Å²) in [7, 11) is 1.62. The van der Waals surface area contributed by atoms with Gasteiger partial charge in [-0.15, -0.1) is 0 Å². The van der Waals surface area contributed by atoms with Crippen LogP contribution in [0.1, 0.15) is 39.3 Å². The molecule has 20 heavy (non-hydrogen) atoms. The number of pyridine rings is 1. The number of nitrogens with one attached hydrogen (secondary N) is 1. The van der Waals surface area contributed by atoms with Gasteiger partial charge in [0.25, 0.3) is 0 Å². The molecule has 1 atom stereocenters. The molecule has 0 bridgehead atoms. The molecule has 0 aliphatic carbocycles. The highest BCUT2D eigenvalue weighted by Crippen LogP contribution is 2.21. The molecular weight excluding hydrogens is 250 g/mol. The Bertz CT molecular complexity index is 368. The maximum absolute atomic E-state index is 5.89. The summed E-state index contributed by atoms with van der Waals surface area (Å²) in [6, 6.07) is 4.05. The molecule has 4 nitrogen and oxygen atoms in total. The van der Waals surface area contributed by atoms with Crippen molar-refractivity contribution >= 4 is 0 Å². The average Bonchev–Trinajstić information content (AvgIpc) is 2.43. The van der Waals surface area contributed by atoms with Crippen molar-refractivity contribution in [3.05, 3.63) is 23.9 Å². The standard InChI is InChI=1S/C16H29N3O/c1-11(2)14(12(3)4)10-18-15(8-17)13-6-7-16(20-5)19-9-13/h6-7,9,11-12,14-15,18H,8,10,17H2,1-5H3. The second kappa shape index (κ2) is 8.22. The van der Waals surface area contributed by atoms with Crippen molar-refractivity contribution in [2.24, 2.45) is 23.5 Å². The monoisotopic (exact) mass is 279 g/mol. The number of hydrogen-bond donors (Lipinski definition) is 2. The fourth-order valence-corrected chi connectivity index (χ4v) is 2.58. The summed E-state index contributed by atoms with van der Waals surface area (Å²) in [5, 5.41) is 3.58. The average molecular weight is 279 g/mol. The molecule has 3 N–H and O–H groups in total. The molecule has 1 aromatic heterocycles. The van der Waals surface area contributed by atoms with Gasteiger partial charge in [0.15, 0.2) is 0 Å². The van der Waals surface area contributed by atoms with Gasteiger partial charge in [-0.1, -0.05) is 33.8 Å². The molecule has 1 unspecified atom stereocenters. The first-order valence-electron chi connectivity index (χ1n) is 7.43. The van der Waals surface area contributed by atoms with Crippen molar-refractivity contribution in [2.75, 3.05) is 20.2 Å². The lowest BCUT2D eigenvalue weighted by Gasteiger charge is -2.28. The second-order valence-electron chi connectivity index (χ2n) is 5.98. The number of aromatic nitrogens is 1. The molecule has 0 saturated heterocycles. The first-order valence-corrected chi connectivity index (χ1v) is 7.43. The molecular formula is C16H29N3O. The van der Waals surface area contributed by atoms with E-state index in [1.807, 2.05) is 18.3 Å². The number of rotatable bonds is 8. The molecule has 0 fully saturated rings. The van der Waals surface area contributed by atoms with E-state index in [4.69, 9.17) is 10.5 Å². The van der Waals surface area contributed by atoms with Gasteiger partial charge in [0, 0.05) is 24.8 Å². The molecule has 1 heterocycles. The predicted octanol–water partition coefficient (Wildman–Crippen LogP) is 2.61. The van der Waals surface area contributed by atoms with E-state index >= 15 is 0 Å². The molecule has 0 aliphatic heterocycles. The molecule has 1 rings (SSSR count). The first kappa shape index (κ1) is 16.9. The van der Waals surface area contributed by atoms with Crippen molar-refractivity contribution < 1.29 is 4.74 Å². The fraction of sp³-hybridized carbons (Fsp3) is 0.688. The van der Waals surface area contributed by atoms with Crippen LogP contribution in [0.25, 0.3) is 0 Å². The minimum Gasteiger partial charge on any atom is -0.481 e. The molecule has 1 aromatic rings. The van der Waals surface area contributed by atoms with E-state index < -0.39 is 0 Å². The zero-order valence-electron chi connectivity index (χ0n) is 13.4. The third kappa shape index (κ3) is 4.76. The molecule has 0 spiro atoms. The smallest absolute Gasteiger partial charge is 0.212 e. The summed E-state index contributed by atoms with van der Waals surface area (Å²) in [6.07, 6.45) is 1.84. The van der Waals surface area contributed by atoms with E-state index in [1.165, 1.54) is 0 Å². The van der Waals surface area contributed by atoms with Crippen LogP contribution in [-0.4, -0.2) is 25.2 Å². The molecule has 4 heteroatoms. The third-order valence-corrected chi connectivity index (χ3v) is 3.92. The Morgan fingerprint density at radius 3 is 2.25 bits per heavy atom. The second-order valence-corrected chi connectivity index (χ2v) is 5.98. The number of nitrogens with zero attached hydrogens (tertiary/aromatic N) is 1. The van der Waals surface area contributed by atoms with Gasteiger partial charge in [-0.05, 0) is 29.9 Å². The molecule has 0 aromatic carbocycles. The highest BCUT2D eigenvalue weighted by Gasteiger charge is 2.19. The lowest BCUT2D eigenvalue weighted by atomic mass is 9.85. The van der Waals surface area contributed by atoms with Gasteiger partial charge in [-0.3, -0.25) is 0 Å². The molecule has 0 saturated carbocycles. The van der Waals surface area contributed by atoms with Crippen LogP contribution in [0, 0.1) is 17.8 Å². The van der Waals surface area contributed by atoms with Gasteiger partial charge < -0.3 is 15.8 Å². The Labute approximate surface area is 123 Å². The third-order valence-electron chi connectivity index (χ3n) is 3.92. The Hall–Kier alpha value is -1.13. The summed E-state index contributed by atoms with van der Waals surface area (Å²) >= 11 is 0. The molecule has 0 aliphatic rings. The van der Waals surface area contributed by atoms with Crippen LogP contribution < -0.4 is 15.8 Å². The van der Waals surface area contributed by atoms with Crippen LogP contribution in [0.15, 0.2) is 18.3 Å². The van der Waals surface area contributed by atoms with Gasteiger partial charge in [0.2, 0.25) is 5.88 Å². The van der Waals surface area contributed by atoms with Crippen molar-refractivity contribution in [3.8, 4) is 5.88 Å². The van der Waals surface area contributed by atoms with E-state index in [0.29, 0.717) is 30.2 Å². The minimum atomic E-state index is 0.147. The van der Waals surface area contributed by atoms with E-state index in [1.54, 1.807) is 7.11 Å². The van der Waals surface area contributed by atoms with Crippen molar-refractivity contribution in [3.63, 3.8) is 0 Å². The Morgan fingerprint density at radius 1 is 1.20 bits per heavy atom. The minimum absolute atomic E-state index is 0.147. The van der Waals surface area contributed by atoms with E-state index in [2.05, 4.69) is 38.0 Å². The number of nitrogens with two attached hydrogens (primary N) is 1. The Kier molecular flexibility index (Phi) is 6.96. The molecule has 0 amide bonds. The maximum atomic E-state index is 5.89. The molecule has 114 valence electrons. The van der Waals surface area contributed by atoms with Crippen LogP contribution >= 0.6 is 0 Å². The summed E-state index contributed by atoms with van der Waals surface area (Å²) in [5.41, 5.74) is 7.00. The van der Waals surface area contributed by atoms with Crippen LogP contribution in [-0.2, 0) is 0 Å². The fourth-order valence-electron chi connectivity index (χ4n) is 2.58. The maximum Gasteiger partial charge on any atom is 0.212 e. The number of ether oxygens (including phenoxy) is 1. The van der Waals surface area contributed by atoms with E-state index in [-0.39, 0.29) is 6.04 Å². The summed E-state index contributed by atoms with van der Waals surface area (Å²) in [6.45, 7) is 10.6. The SMILES string of the molecule is COc1ccc(C(CN)NCC(C(C)C)C(C)C)cn1.